The van der Waals surface area contributed by atoms with Crippen molar-refractivity contribution in [3.8, 4) is 0 Å². The van der Waals surface area contributed by atoms with Gasteiger partial charge in [0.1, 0.15) is 0 Å². The van der Waals surface area contributed by atoms with Crippen LogP contribution in [-0.4, -0.2) is 13.6 Å². The Kier molecular flexibility index (Phi) is 4.24. The van der Waals surface area contributed by atoms with Crippen LogP contribution in [0.15, 0.2) is 36.9 Å². The number of hydrogen-bond acceptors (Lipinski definition) is 1. The van der Waals surface area contributed by atoms with E-state index in [1.807, 2.05) is 6.92 Å². The van der Waals surface area contributed by atoms with E-state index in [0.717, 1.165) is 0 Å². The van der Waals surface area contributed by atoms with Gasteiger partial charge in [0.25, 0.3) is 0 Å². The fourth-order valence-electron chi connectivity index (χ4n) is 1.72. The highest BCUT2D eigenvalue weighted by molar-refractivity contribution is 5.54. The van der Waals surface area contributed by atoms with Gasteiger partial charge >= 0.3 is 0 Å². The van der Waals surface area contributed by atoms with E-state index in [0.29, 0.717) is 0 Å². The van der Waals surface area contributed by atoms with Crippen molar-refractivity contribution in [2.24, 2.45) is 0 Å². The normalized spacial score (nSPS) is 13.7. The molecule has 1 aromatic carbocycles. The Bertz CT molecular complexity index is 291. The summed E-state index contributed by atoms with van der Waals surface area (Å²) in [4.78, 5) is 2.33. The minimum atomic E-state index is 1.21. The van der Waals surface area contributed by atoms with Crippen LogP contribution in [0.2, 0.25) is 0 Å². The van der Waals surface area contributed by atoms with E-state index >= 15 is 0 Å². The van der Waals surface area contributed by atoms with E-state index in [1.54, 1.807) is 6.08 Å². The number of rotatable bonds is 0. The van der Waals surface area contributed by atoms with Gasteiger partial charge in [0.2, 0.25) is 0 Å². The molecule has 1 heterocycles. The molecule has 1 nitrogen and oxygen atoms in total. The van der Waals surface area contributed by atoms with E-state index in [4.69, 9.17) is 0 Å². The largest absolute Gasteiger partial charge is 0.374 e. The molecule has 0 aromatic heterocycles. The fourth-order valence-corrected chi connectivity index (χ4v) is 1.72. The molecule has 0 unspecified atom stereocenters. The van der Waals surface area contributed by atoms with Gasteiger partial charge in [0, 0.05) is 19.3 Å². The van der Waals surface area contributed by atoms with Gasteiger partial charge in [0.15, 0.2) is 0 Å². The zero-order valence-electron chi connectivity index (χ0n) is 9.16. The Labute approximate surface area is 87.1 Å². The average molecular weight is 189 g/mol. The first-order valence-electron chi connectivity index (χ1n) is 5.15. The summed E-state index contributed by atoms with van der Waals surface area (Å²) in [5.41, 5.74) is 2.92. The van der Waals surface area contributed by atoms with Gasteiger partial charge in [-0.2, -0.15) is 0 Å². The molecule has 1 heteroatoms. The van der Waals surface area contributed by atoms with Gasteiger partial charge < -0.3 is 4.90 Å². The topological polar surface area (TPSA) is 3.24 Å². The van der Waals surface area contributed by atoms with Crippen molar-refractivity contribution in [1.82, 2.24) is 0 Å². The van der Waals surface area contributed by atoms with Crippen LogP contribution in [0.5, 0.6) is 0 Å². The first-order chi connectivity index (χ1) is 6.79. The van der Waals surface area contributed by atoms with E-state index in [9.17, 15) is 0 Å². The van der Waals surface area contributed by atoms with Crippen molar-refractivity contribution < 1.29 is 0 Å². The lowest BCUT2D eigenvalue weighted by Crippen LogP contribution is -2.24. The first-order valence-corrected chi connectivity index (χ1v) is 5.15. The standard InChI is InChI=1S/C10H13N.C3H6/c1-11-8-4-6-9-5-2-3-7-10(9)11;1-3-2/h2-3,5,7H,4,6,8H2,1H3;3H,1H2,2H3. The van der Waals surface area contributed by atoms with Crippen molar-refractivity contribution >= 4 is 5.69 Å². The van der Waals surface area contributed by atoms with E-state index in [-0.39, 0.29) is 0 Å². The lowest BCUT2D eigenvalue weighted by atomic mass is 10.0. The van der Waals surface area contributed by atoms with Crippen LogP contribution >= 0.6 is 0 Å². The quantitative estimate of drug-likeness (QED) is 0.566. The Morgan fingerprint density at radius 2 is 2.00 bits per heavy atom. The van der Waals surface area contributed by atoms with Gasteiger partial charge in [0.05, 0.1) is 0 Å². The molecule has 0 spiro atoms. The number of anilines is 1. The summed E-state index contributed by atoms with van der Waals surface area (Å²) < 4.78 is 0. The third-order valence-corrected chi connectivity index (χ3v) is 2.34. The Morgan fingerprint density at radius 3 is 2.64 bits per heavy atom. The van der Waals surface area contributed by atoms with Gasteiger partial charge in [-0.15, -0.1) is 6.58 Å². The SMILES string of the molecule is C=CC.CN1CCCc2ccccc21. The summed E-state index contributed by atoms with van der Waals surface area (Å²) in [6.07, 6.45) is 4.30. The predicted octanol–water partition coefficient (Wildman–Crippen LogP) is 3.26. The molecule has 0 aliphatic carbocycles. The zero-order valence-corrected chi connectivity index (χ0v) is 9.16. The van der Waals surface area contributed by atoms with Crippen molar-refractivity contribution in [2.45, 2.75) is 19.8 Å². The number of nitrogens with zero attached hydrogens (tertiary/aromatic N) is 1. The van der Waals surface area contributed by atoms with Crippen molar-refractivity contribution in [3.63, 3.8) is 0 Å². The molecule has 0 N–H and O–H groups in total. The number of hydrogen-bond donors (Lipinski definition) is 0. The first kappa shape index (κ1) is 10.8. The average Bonchev–Trinajstić information content (AvgIpc) is 2.20. The minimum Gasteiger partial charge on any atom is -0.374 e. The van der Waals surface area contributed by atoms with Crippen LogP contribution in [0.4, 0.5) is 5.69 Å². The molecule has 2 rings (SSSR count). The minimum absolute atomic E-state index is 1.21. The van der Waals surface area contributed by atoms with Crippen LogP contribution in [0, 0.1) is 0 Å². The predicted molar refractivity (Wildman–Crippen MR) is 63.9 cm³/mol. The second-order valence-corrected chi connectivity index (χ2v) is 3.56. The van der Waals surface area contributed by atoms with Crippen LogP contribution in [0.25, 0.3) is 0 Å². The molecule has 1 aromatic rings. The molecule has 0 radical (unpaired) electrons. The van der Waals surface area contributed by atoms with Gasteiger partial charge in [-0.05, 0) is 31.4 Å². The van der Waals surface area contributed by atoms with Crippen LogP contribution < -0.4 is 4.90 Å². The van der Waals surface area contributed by atoms with Crippen LogP contribution in [0.3, 0.4) is 0 Å². The number of para-hydroxylation sites is 1. The van der Waals surface area contributed by atoms with Crippen molar-refractivity contribution in [2.75, 3.05) is 18.5 Å². The summed E-state index contributed by atoms with van der Waals surface area (Å²) in [7, 11) is 2.16. The lowest BCUT2D eigenvalue weighted by Gasteiger charge is -2.26. The van der Waals surface area contributed by atoms with Gasteiger partial charge in [-0.1, -0.05) is 24.3 Å². The smallest absolute Gasteiger partial charge is 0.0396 e. The maximum atomic E-state index is 3.36. The van der Waals surface area contributed by atoms with Crippen molar-refractivity contribution in [3.05, 3.63) is 42.5 Å². The number of aryl methyl sites for hydroxylation is 1. The molecule has 0 saturated heterocycles. The van der Waals surface area contributed by atoms with Crippen LogP contribution in [0.1, 0.15) is 18.9 Å². The third kappa shape index (κ3) is 2.63. The summed E-state index contributed by atoms with van der Waals surface area (Å²) in [6.45, 7) is 6.46. The molecule has 0 amide bonds. The monoisotopic (exact) mass is 189 g/mol. The number of allylic oxidation sites excluding steroid dienone is 1. The van der Waals surface area contributed by atoms with E-state index in [1.165, 1.54) is 30.6 Å². The zero-order chi connectivity index (χ0) is 10.4. The summed E-state index contributed by atoms with van der Waals surface area (Å²) in [5.74, 6) is 0. The van der Waals surface area contributed by atoms with Gasteiger partial charge in [-0.3, -0.25) is 0 Å². The lowest BCUT2D eigenvalue weighted by molar-refractivity contribution is 0.744. The second kappa shape index (κ2) is 5.48. The van der Waals surface area contributed by atoms with E-state index in [2.05, 4.69) is 42.8 Å². The molecule has 0 bridgehead atoms. The molecular formula is C13H19N. The van der Waals surface area contributed by atoms with Crippen LogP contribution in [-0.2, 0) is 6.42 Å². The highest BCUT2D eigenvalue weighted by atomic mass is 15.1. The molecule has 76 valence electrons. The Hall–Kier alpha value is -1.24. The molecule has 1 aliphatic heterocycles. The summed E-state index contributed by atoms with van der Waals surface area (Å²) in [5, 5.41) is 0. The molecule has 14 heavy (non-hydrogen) atoms. The number of fused-ring (bicyclic) bond motifs is 1. The maximum Gasteiger partial charge on any atom is 0.0396 e. The Morgan fingerprint density at radius 1 is 1.36 bits per heavy atom. The summed E-state index contributed by atoms with van der Waals surface area (Å²) in [6, 6.07) is 8.66. The molecule has 0 saturated carbocycles. The highest BCUT2D eigenvalue weighted by Crippen LogP contribution is 2.24. The third-order valence-electron chi connectivity index (χ3n) is 2.34. The second-order valence-electron chi connectivity index (χ2n) is 3.56. The van der Waals surface area contributed by atoms with E-state index < -0.39 is 0 Å². The Balaban J connectivity index is 0.000000293. The maximum absolute atomic E-state index is 3.36. The molecule has 0 atom stereocenters. The molecule has 1 aliphatic rings. The highest BCUT2D eigenvalue weighted by Gasteiger charge is 2.11. The van der Waals surface area contributed by atoms with Gasteiger partial charge in [-0.25, -0.2) is 0 Å². The molecule has 0 fully saturated rings. The number of benzene rings is 1. The van der Waals surface area contributed by atoms with Crippen molar-refractivity contribution in [1.29, 1.82) is 0 Å². The molecular weight excluding hydrogens is 170 g/mol. The summed E-state index contributed by atoms with van der Waals surface area (Å²) >= 11 is 0. The fraction of sp³-hybridized carbons (Fsp3) is 0.385.